The van der Waals surface area contributed by atoms with Gasteiger partial charge in [-0.05, 0) is 55.0 Å². The summed E-state index contributed by atoms with van der Waals surface area (Å²) in [6.45, 7) is 1.30. The molecule has 2 rings (SSSR count). The van der Waals surface area contributed by atoms with Crippen LogP contribution in [0.3, 0.4) is 0 Å². The molecule has 0 spiro atoms. The Bertz CT molecular complexity index is 718. The van der Waals surface area contributed by atoms with Gasteiger partial charge < -0.3 is 20.7 Å². The van der Waals surface area contributed by atoms with Gasteiger partial charge in [-0.3, -0.25) is 9.59 Å². The molecule has 0 aliphatic carbocycles. The maximum Gasteiger partial charge on any atom is 0.251 e. The number of anilines is 2. The predicted octanol–water partition coefficient (Wildman–Crippen LogP) is 3.16. The fourth-order valence-corrected chi connectivity index (χ4v) is 2.31. The van der Waals surface area contributed by atoms with Crippen LogP contribution in [0.25, 0.3) is 0 Å². The van der Waals surface area contributed by atoms with Crippen molar-refractivity contribution in [3.63, 3.8) is 0 Å². The van der Waals surface area contributed by atoms with Crippen molar-refractivity contribution in [1.82, 2.24) is 5.32 Å². The van der Waals surface area contributed by atoms with Crippen LogP contribution in [0.1, 0.15) is 16.8 Å². The normalized spacial score (nSPS) is 10.2. The molecule has 0 heterocycles. The average molecular weight is 376 g/mol. The Morgan fingerprint density at radius 2 is 1.65 bits per heavy atom. The summed E-state index contributed by atoms with van der Waals surface area (Å²) in [7, 11) is 1.63. The Balaban J connectivity index is 1.76. The van der Waals surface area contributed by atoms with Gasteiger partial charge in [-0.25, -0.2) is 0 Å². The van der Waals surface area contributed by atoms with Gasteiger partial charge >= 0.3 is 0 Å². The molecule has 0 saturated carbocycles. The van der Waals surface area contributed by atoms with E-state index in [1.165, 1.54) is 0 Å². The minimum atomic E-state index is -0.174. The first-order valence-electron chi connectivity index (χ1n) is 8.25. The Kier molecular flexibility index (Phi) is 7.92. The molecule has 0 atom stereocenters. The molecule has 6 nitrogen and oxygen atoms in total. The van der Waals surface area contributed by atoms with Crippen molar-refractivity contribution in [2.75, 3.05) is 37.4 Å². The Morgan fingerprint density at radius 1 is 1.00 bits per heavy atom. The van der Waals surface area contributed by atoms with Crippen molar-refractivity contribution in [2.45, 2.75) is 6.42 Å². The summed E-state index contributed by atoms with van der Waals surface area (Å²) in [6, 6.07) is 13.9. The molecule has 3 N–H and O–H groups in total. The van der Waals surface area contributed by atoms with Crippen LogP contribution in [0.4, 0.5) is 11.4 Å². The number of nitrogens with one attached hydrogen (secondary N) is 3. The summed E-state index contributed by atoms with van der Waals surface area (Å²) in [5.74, 6) is -0.305. The average Bonchev–Trinajstić information content (AvgIpc) is 2.66. The van der Waals surface area contributed by atoms with Crippen molar-refractivity contribution >= 4 is 34.8 Å². The monoisotopic (exact) mass is 375 g/mol. The number of ether oxygens (including phenoxy) is 1. The highest BCUT2D eigenvalue weighted by atomic mass is 35.5. The Labute approximate surface area is 157 Å². The minimum Gasteiger partial charge on any atom is -0.385 e. The number of rotatable bonds is 9. The highest BCUT2D eigenvalue weighted by molar-refractivity contribution is 6.30. The van der Waals surface area contributed by atoms with Crippen LogP contribution in [0.15, 0.2) is 48.5 Å². The first kappa shape index (κ1) is 19.8. The van der Waals surface area contributed by atoms with Crippen LogP contribution in [0.5, 0.6) is 0 Å². The summed E-state index contributed by atoms with van der Waals surface area (Å²) >= 11 is 5.81. The lowest BCUT2D eigenvalue weighted by Crippen LogP contribution is -2.25. The minimum absolute atomic E-state index is 0.116. The van der Waals surface area contributed by atoms with E-state index in [0.717, 1.165) is 12.1 Å². The van der Waals surface area contributed by atoms with E-state index in [9.17, 15) is 9.59 Å². The molecule has 138 valence electrons. The maximum atomic E-state index is 12.0. The van der Waals surface area contributed by atoms with Crippen molar-refractivity contribution in [3.05, 3.63) is 59.1 Å². The number of carbonyl (C=O) groups is 2. The van der Waals surface area contributed by atoms with E-state index < -0.39 is 0 Å². The third-order valence-corrected chi connectivity index (χ3v) is 3.79. The molecule has 7 heteroatoms. The molecule has 2 aromatic carbocycles. The number of benzene rings is 2. The number of amides is 2. The zero-order chi connectivity index (χ0) is 18.8. The zero-order valence-corrected chi connectivity index (χ0v) is 15.3. The fraction of sp³-hybridized carbons (Fsp3) is 0.263. The second-order valence-corrected chi connectivity index (χ2v) is 6.02. The number of methoxy groups -OCH3 is 1. The molecular formula is C19H22ClN3O3. The van der Waals surface area contributed by atoms with Gasteiger partial charge in [0.1, 0.15) is 0 Å². The van der Waals surface area contributed by atoms with Gasteiger partial charge in [-0.2, -0.15) is 0 Å². The fourth-order valence-electron chi connectivity index (χ4n) is 2.18. The third kappa shape index (κ3) is 6.74. The molecule has 0 saturated heterocycles. The van der Waals surface area contributed by atoms with Crippen LogP contribution >= 0.6 is 11.6 Å². The van der Waals surface area contributed by atoms with Crippen LogP contribution in [-0.4, -0.2) is 38.6 Å². The lowest BCUT2D eigenvalue weighted by Gasteiger charge is -2.09. The number of hydrogen-bond acceptors (Lipinski definition) is 4. The molecule has 0 bridgehead atoms. The standard InChI is InChI=1S/C19H22ClN3O3/c1-26-12-2-11-21-19(25)14-3-7-16(8-4-14)22-13-18(24)23-17-9-5-15(20)6-10-17/h3-10,22H,2,11-13H2,1H3,(H,21,25)(H,23,24). The van der Waals surface area contributed by atoms with Crippen LogP contribution in [-0.2, 0) is 9.53 Å². The smallest absolute Gasteiger partial charge is 0.251 e. The molecule has 0 aromatic heterocycles. The molecule has 0 aliphatic rings. The van der Waals surface area contributed by atoms with Gasteiger partial charge in [0.25, 0.3) is 5.91 Å². The first-order chi connectivity index (χ1) is 12.6. The van der Waals surface area contributed by atoms with Crippen LogP contribution < -0.4 is 16.0 Å². The summed E-state index contributed by atoms with van der Waals surface area (Å²) in [5, 5.41) is 9.22. The SMILES string of the molecule is COCCCNC(=O)c1ccc(NCC(=O)Nc2ccc(Cl)cc2)cc1. The van der Waals surface area contributed by atoms with E-state index in [0.29, 0.717) is 29.4 Å². The van der Waals surface area contributed by atoms with Crippen molar-refractivity contribution in [1.29, 1.82) is 0 Å². The highest BCUT2D eigenvalue weighted by Crippen LogP contribution is 2.13. The second-order valence-electron chi connectivity index (χ2n) is 5.59. The third-order valence-electron chi connectivity index (χ3n) is 3.54. The maximum absolute atomic E-state index is 12.0. The van der Waals surface area contributed by atoms with Gasteiger partial charge in [0, 0.05) is 42.2 Å². The van der Waals surface area contributed by atoms with Gasteiger partial charge in [0.05, 0.1) is 6.54 Å². The van der Waals surface area contributed by atoms with Gasteiger partial charge in [0.15, 0.2) is 0 Å². The lowest BCUT2D eigenvalue weighted by molar-refractivity contribution is -0.114. The number of carbonyl (C=O) groups excluding carboxylic acids is 2. The quantitative estimate of drug-likeness (QED) is 0.588. The molecule has 2 aromatic rings. The molecule has 0 fully saturated rings. The van der Waals surface area contributed by atoms with Crippen LogP contribution in [0.2, 0.25) is 5.02 Å². The second kappa shape index (κ2) is 10.4. The number of halogens is 1. The summed E-state index contributed by atoms with van der Waals surface area (Å²) in [5.41, 5.74) is 2.01. The van der Waals surface area contributed by atoms with Crippen molar-refractivity contribution in [2.24, 2.45) is 0 Å². The molecular weight excluding hydrogens is 354 g/mol. The topological polar surface area (TPSA) is 79.5 Å². The molecule has 26 heavy (non-hydrogen) atoms. The van der Waals surface area contributed by atoms with E-state index in [2.05, 4.69) is 16.0 Å². The predicted molar refractivity (Wildman–Crippen MR) is 104 cm³/mol. The Hall–Kier alpha value is -2.57. The van der Waals surface area contributed by atoms with Gasteiger partial charge in [-0.1, -0.05) is 11.6 Å². The molecule has 2 amide bonds. The van der Waals surface area contributed by atoms with E-state index in [1.54, 1.807) is 55.6 Å². The van der Waals surface area contributed by atoms with E-state index in [1.807, 2.05) is 0 Å². The summed E-state index contributed by atoms with van der Waals surface area (Å²) in [6.07, 6.45) is 0.768. The zero-order valence-electron chi connectivity index (χ0n) is 14.5. The van der Waals surface area contributed by atoms with Gasteiger partial charge in [0.2, 0.25) is 5.91 Å². The van der Waals surface area contributed by atoms with Crippen molar-refractivity contribution in [3.8, 4) is 0 Å². The lowest BCUT2D eigenvalue weighted by atomic mass is 10.2. The van der Waals surface area contributed by atoms with Gasteiger partial charge in [-0.15, -0.1) is 0 Å². The summed E-state index contributed by atoms with van der Waals surface area (Å²) < 4.78 is 4.94. The molecule has 0 radical (unpaired) electrons. The van der Waals surface area contributed by atoms with E-state index in [4.69, 9.17) is 16.3 Å². The first-order valence-corrected chi connectivity index (χ1v) is 8.63. The van der Waals surface area contributed by atoms with E-state index in [-0.39, 0.29) is 18.4 Å². The largest absolute Gasteiger partial charge is 0.385 e. The Morgan fingerprint density at radius 3 is 2.31 bits per heavy atom. The van der Waals surface area contributed by atoms with Crippen molar-refractivity contribution < 1.29 is 14.3 Å². The van der Waals surface area contributed by atoms with Crippen LogP contribution in [0, 0.1) is 0 Å². The highest BCUT2D eigenvalue weighted by Gasteiger charge is 2.06. The van der Waals surface area contributed by atoms with E-state index >= 15 is 0 Å². The molecule has 0 aliphatic heterocycles. The molecule has 0 unspecified atom stereocenters. The summed E-state index contributed by atoms with van der Waals surface area (Å²) in [4.78, 5) is 23.9. The number of hydrogen-bond donors (Lipinski definition) is 3.